The van der Waals surface area contributed by atoms with E-state index in [1.807, 2.05) is 59.5 Å². The van der Waals surface area contributed by atoms with Crippen LogP contribution in [-0.4, -0.2) is 24.5 Å². The zero-order valence-corrected chi connectivity index (χ0v) is 12.2. The van der Waals surface area contributed by atoms with Gasteiger partial charge in [0.25, 0.3) is 0 Å². The van der Waals surface area contributed by atoms with Gasteiger partial charge in [-0.25, -0.2) is 0 Å². The molecule has 1 amide bonds. The Hall–Kier alpha value is -2.29. The first-order valence-corrected chi connectivity index (χ1v) is 7.24. The Bertz CT molecular complexity index is 607. The summed E-state index contributed by atoms with van der Waals surface area (Å²) >= 11 is 0. The van der Waals surface area contributed by atoms with Crippen LogP contribution in [0, 0.1) is 0 Å². The van der Waals surface area contributed by atoms with Gasteiger partial charge in [-0.1, -0.05) is 42.5 Å². The summed E-state index contributed by atoms with van der Waals surface area (Å²) in [6.45, 7) is 1.50. The van der Waals surface area contributed by atoms with Crippen LogP contribution in [0.4, 0.5) is 0 Å². The van der Waals surface area contributed by atoms with E-state index in [2.05, 4.69) is 0 Å². The van der Waals surface area contributed by atoms with E-state index in [4.69, 9.17) is 4.74 Å². The third kappa shape index (κ3) is 2.92. The number of rotatable bonds is 4. The molecule has 21 heavy (non-hydrogen) atoms. The van der Waals surface area contributed by atoms with Crippen molar-refractivity contribution in [2.24, 2.45) is 0 Å². The van der Waals surface area contributed by atoms with Gasteiger partial charge in [-0.3, -0.25) is 4.79 Å². The van der Waals surface area contributed by atoms with Gasteiger partial charge >= 0.3 is 0 Å². The highest BCUT2D eigenvalue weighted by Crippen LogP contribution is 2.29. The van der Waals surface area contributed by atoms with E-state index >= 15 is 0 Å². The molecule has 1 aliphatic heterocycles. The predicted octanol–water partition coefficient (Wildman–Crippen LogP) is 3.21. The minimum absolute atomic E-state index is 0.0180. The summed E-state index contributed by atoms with van der Waals surface area (Å²) in [5, 5.41) is 0. The number of hydrogen-bond donors (Lipinski definition) is 0. The average Bonchev–Trinajstić information content (AvgIpc) is 2.90. The number of methoxy groups -OCH3 is 1. The minimum atomic E-state index is 0.0180. The Morgan fingerprint density at radius 2 is 1.81 bits per heavy atom. The van der Waals surface area contributed by atoms with Gasteiger partial charge in [-0.15, -0.1) is 0 Å². The van der Waals surface area contributed by atoms with Gasteiger partial charge in [0, 0.05) is 13.1 Å². The minimum Gasteiger partial charge on any atom is -0.497 e. The number of ether oxygens (including phenoxy) is 1. The first-order chi connectivity index (χ1) is 10.3. The molecule has 1 atom stereocenters. The Kier molecular flexibility index (Phi) is 3.91. The van der Waals surface area contributed by atoms with Crippen LogP contribution in [-0.2, 0) is 11.3 Å². The van der Waals surface area contributed by atoms with E-state index in [1.165, 1.54) is 0 Å². The largest absolute Gasteiger partial charge is 0.497 e. The highest BCUT2D eigenvalue weighted by Gasteiger charge is 2.32. The fraction of sp³-hybridized carbons (Fsp3) is 0.278. The van der Waals surface area contributed by atoms with Crippen molar-refractivity contribution < 1.29 is 9.53 Å². The normalized spacial score (nSPS) is 18.0. The fourth-order valence-electron chi connectivity index (χ4n) is 2.84. The molecular formula is C18H19NO2. The molecule has 0 aliphatic carbocycles. The predicted molar refractivity (Wildman–Crippen MR) is 82.2 cm³/mol. The molecular weight excluding hydrogens is 262 g/mol. The molecule has 3 heteroatoms. The molecule has 3 rings (SSSR count). The van der Waals surface area contributed by atoms with Crippen molar-refractivity contribution >= 4 is 5.91 Å². The highest BCUT2D eigenvalue weighted by atomic mass is 16.5. The zero-order chi connectivity index (χ0) is 14.7. The second-order valence-corrected chi connectivity index (χ2v) is 5.36. The maximum absolute atomic E-state index is 12.5. The number of amides is 1. The monoisotopic (exact) mass is 281 g/mol. The van der Waals surface area contributed by atoms with Crippen LogP contribution < -0.4 is 4.74 Å². The Morgan fingerprint density at radius 3 is 2.48 bits per heavy atom. The molecule has 0 spiro atoms. The number of likely N-dealkylation sites (tertiary alicyclic amines) is 1. The summed E-state index contributed by atoms with van der Waals surface area (Å²) in [6, 6.07) is 18.0. The van der Waals surface area contributed by atoms with Gasteiger partial charge in [0.1, 0.15) is 5.75 Å². The van der Waals surface area contributed by atoms with Crippen LogP contribution in [0.3, 0.4) is 0 Å². The molecule has 2 aromatic carbocycles. The second-order valence-electron chi connectivity index (χ2n) is 5.36. The van der Waals surface area contributed by atoms with Gasteiger partial charge in [0.05, 0.1) is 13.0 Å². The number of nitrogens with zero attached hydrogens (tertiary/aromatic N) is 1. The van der Waals surface area contributed by atoms with Crippen LogP contribution in [0.1, 0.15) is 23.5 Å². The van der Waals surface area contributed by atoms with E-state index in [-0.39, 0.29) is 11.8 Å². The van der Waals surface area contributed by atoms with E-state index in [0.29, 0.717) is 6.54 Å². The average molecular weight is 281 g/mol. The molecule has 3 nitrogen and oxygen atoms in total. The van der Waals surface area contributed by atoms with Crippen LogP contribution >= 0.6 is 0 Å². The highest BCUT2D eigenvalue weighted by molar-refractivity contribution is 5.85. The van der Waals surface area contributed by atoms with Crippen molar-refractivity contribution in [1.29, 1.82) is 0 Å². The molecule has 1 saturated heterocycles. The Morgan fingerprint density at radius 1 is 1.10 bits per heavy atom. The van der Waals surface area contributed by atoms with Gasteiger partial charge in [0.15, 0.2) is 0 Å². The fourth-order valence-corrected chi connectivity index (χ4v) is 2.84. The summed E-state index contributed by atoms with van der Waals surface area (Å²) in [5.74, 6) is 1.09. The molecule has 0 radical (unpaired) electrons. The molecule has 1 heterocycles. The lowest BCUT2D eigenvalue weighted by Gasteiger charge is -2.17. The summed E-state index contributed by atoms with van der Waals surface area (Å²) in [6.07, 6.45) is 0.902. The molecule has 2 aromatic rings. The van der Waals surface area contributed by atoms with Gasteiger partial charge in [-0.2, -0.15) is 0 Å². The molecule has 0 N–H and O–H groups in total. The first-order valence-electron chi connectivity index (χ1n) is 7.24. The number of benzene rings is 2. The number of carbonyl (C=O) groups is 1. The van der Waals surface area contributed by atoms with Crippen molar-refractivity contribution in [3.05, 3.63) is 65.7 Å². The molecule has 1 aliphatic rings. The van der Waals surface area contributed by atoms with Crippen molar-refractivity contribution in [1.82, 2.24) is 4.90 Å². The first kappa shape index (κ1) is 13.7. The summed E-state index contributed by atoms with van der Waals surface area (Å²) in [7, 11) is 1.66. The lowest BCUT2D eigenvalue weighted by Crippen LogP contribution is -2.26. The van der Waals surface area contributed by atoms with Crippen LogP contribution in [0.25, 0.3) is 0 Å². The Labute approximate surface area is 125 Å². The summed E-state index contributed by atoms with van der Waals surface area (Å²) < 4.78 is 5.15. The van der Waals surface area contributed by atoms with Crippen LogP contribution in [0.2, 0.25) is 0 Å². The Balaban J connectivity index is 1.69. The van der Waals surface area contributed by atoms with E-state index < -0.39 is 0 Å². The topological polar surface area (TPSA) is 29.5 Å². The van der Waals surface area contributed by atoms with E-state index in [9.17, 15) is 4.79 Å². The molecule has 0 saturated carbocycles. The molecule has 0 aromatic heterocycles. The van der Waals surface area contributed by atoms with E-state index in [1.54, 1.807) is 7.11 Å². The quantitative estimate of drug-likeness (QED) is 0.861. The smallest absolute Gasteiger partial charge is 0.230 e. The van der Waals surface area contributed by atoms with Crippen molar-refractivity contribution in [3.8, 4) is 5.75 Å². The molecule has 0 bridgehead atoms. The summed E-state index contributed by atoms with van der Waals surface area (Å²) in [5.41, 5.74) is 2.26. The lowest BCUT2D eigenvalue weighted by atomic mass is 9.98. The van der Waals surface area contributed by atoms with Gasteiger partial charge in [0.2, 0.25) is 5.91 Å². The molecule has 108 valence electrons. The zero-order valence-electron chi connectivity index (χ0n) is 12.2. The van der Waals surface area contributed by atoms with Crippen molar-refractivity contribution in [3.63, 3.8) is 0 Å². The molecule has 1 fully saturated rings. The second kappa shape index (κ2) is 6.00. The van der Waals surface area contributed by atoms with Crippen molar-refractivity contribution in [2.45, 2.75) is 18.9 Å². The molecule has 1 unspecified atom stereocenters. The number of carbonyl (C=O) groups excluding carboxylic acids is 1. The van der Waals surface area contributed by atoms with Gasteiger partial charge in [-0.05, 0) is 29.7 Å². The summed E-state index contributed by atoms with van der Waals surface area (Å²) in [4.78, 5) is 14.5. The SMILES string of the molecule is COc1ccc(CN2CCC(c3ccccc3)C2=O)cc1. The third-order valence-electron chi connectivity index (χ3n) is 4.03. The van der Waals surface area contributed by atoms with E-state index in [0.717, 1.165) is 29.8 Å². The third-order valence-corrected chi connectivity index (χ3v) is 4.03. The standard InChI is InChI=1S/C18H19NO2/c1-21-16-9-7-14(8-10-16)13-19-12-11-17(18(19)20)15-5-3-2-4-6-15/h2-10,17H,11-13H2,1H3. The number of hydrogen-bond acceptors (Lipinski definition) is 2. The lowest BCUT2D eigenvalue weighted by molar-refractivity contribution is -0.129. The van der Waals surface area contributed by atoms with Crippen LogP contribution in [0.15, 0.2) is 54.6 Å². The van der Waals surface area contributed by atoms with Crippen molar-refractivity contribution in [2.75, 3.05) is 13.7 Å². The maximum Gasteiger partial charge on any atom is 0.230 e. The van der Waals surface area contributed by atoms with Gasteiger partial charge < -0.3 is 9.64 Å². The van der Waals surface area contributed by atoms with Crippen LogP contribution in [0.5, 0.6) is 5.75 Å². The maximum atomic E-state index is 12.5.